The lowest BCUT2D eigenvalue weighted by Gasteiger charge is -2.26. The molecule has 1 atom stereocenters. The molecule has 1 aromatic heterocycles. The van der Waals surface area contributed by atoms with Crippen LogP contribution in [0.3, 0.4) is 0 Å². The molecular weight excluding hydrogens is 234 g/mol. The molecule has 0 saturated carbocycles. The zero-order valence-electron chi connectivity index (χ0n) is 11.2. The Morgan fingerprint density at radius 2 is 1.79 bits per heavy atom. The predicted octanol–water partition coefficient (Wildman–Crippen LogP) is 3.09. The molecule has 19 heavy (non-hydrogen) atoms. The van der Waals surface area contributed by atoms with E-state index >= 15 is 0 Å². The molecule has 1 unspecified atom stereocenters. The van der Waals surface area contributed by atoms with E-state index in [9.17, 15) is 0 Å². The third kappa shape index (κ3) is 2.70. The minimum absolute atomic E-state index is 0.481. The first-order valence-corrected chi connectivity index (χ1v) is 6.83. The Hall–Kier alpha value is -2.03. The van der Waals surface area contributed by atoms with Crippen LogP contribution in [0.1, 0.15) is 17.5 Å². The number of rotatable bonds is 3. The van der Waals surface area contributed by atoms with Gasteiger partial charge in [0.1, 0.15) is 11.6 Å². The Bertz CT molecular complexity index is 565. The van der Waals surface area contributed by atoms with Gasteiger partial charge in [-0.3, -0.25) is 0 Å². The maximum Gasteiger partial charge on any atom is 0.128 e. The van der Waals surface area contributed by atoms with Crippen LogP contribution in [0.15, 0.2) is 42.5 Å². The molecule has 0 saturated heterocycles. The molecular formula is C16H19N3. The fourth-order valence-electron chi connectivity index (χ4n) is 2.68. The van der Waals surface area contributed by atoms with Crippen LogP contribution in [-0.2, 0) is 12.8 Å². The highest BCUT2D eigenvalue weighted by molar-refractivity contribution is 5.46. The first-order valence-electron chi connectivity index (χ1n) is 6.83. The maximum absolute atomic E-state index is 4.52. The van der Waals surface area contributed by atoms with E-state index in [1.165, 1.54) is 17.5 Å². The molecule has 98 valence electrons. The summed E-state index contributed by atoms with van der Waals surface area (Å²) in [6, 6.07) is 15.2. The summed E-state index contributed by atoms with van der Waals surface area (Å²) in [4.78, 5) is 4.52. The lowest BCUT2D eigenvalue weighted by Crippen LogP contribution is -2.27. The standard InChI is InChI=1S/C16H19N3/c1-17-15-7-4-8-16(19-15)18-14-10-9-12-5-2-3-6-13(12)11-14/h2-8,14H,9-11H2,1H3,(H2,17,18,19). The average Bonchev–Trinajstić information content (AvgIpc) is 2.47. The highest BCUT2D eigenvalue weighted by Crippen LogP contribution is 2.23. The van der Waals surface area contributed by atoms with E-state index in [0.717, 1.165) is 24.5 Å². The van der Waals surface area contributed by atoms with Crippen molar-refractivity contribution in [1.29, 1.82) is 0 Å². The Balaban J connectivity index is 1.71. The summed E-state index contributed by atoms with van der Waals surface area (Å²) in [7, 11) is 1.89. The van der Waals surface area contributed by atoms with Crippen LogP contribution in [0.2, 0.25) is 0 Å². The molecule has 0 amide bonds. The van der Waals surface area contributed by atoms with Gasteiger partial charge in [0.05, 0.1) is 0 Å². The number of aryl methyl sites for hydroxylation is 1. The summed E-state index contributed by atoms with van der Waals surface area (Å²) in [6.45, 7) is 0. The molecule has 0 aliphatic heterocycles. The van der Waals surface area contributed by atoms with Gasteiger partial charge >= 0.3 is 0 Å². The average molecular weight is 253 g/mol. The van der Waals surface area contributed by atoms with Crippen molar-refractivity contribution in [2.24, 2.45) is 0 Å². The van der Waals surface area contributed by atoms with E-state index in [-0.39, 0.29) is 0 Å². The van der Waals surface area contributed by atoms with Gasteiger partial charge in [0.2, 0.25) is 0 Å². The lowest BCUT2D eigenvalue weighted by molar-refractivity contribution is 0.609. The zero-order valence-corrected chi connectivity index (χ0v) is 11.2. The molecule has 0 radical (unpaired) electrons. The molecule has 3 rings (SSSR count). The molecule has 0 bridgehead atoms. The highest BCUT2D eigenvalue weighted by Gasteiger charge is 2.18. The van der Waals surface area contributed by atoms with Gasteiger partial charge in [-0.1, -0.05) is 30.3 Å². The molecule has 2 aromatic rings. The van der Waals surface area contributed by atoms with E-state index < -0.39 is 0 Å². The van der Waals surface area contributed by atoms with Crippen LogP contribution in [0.4, 0.5) is 11.6 Å². The zero-order chi connectivity index (χ0) is 13.1. The highest BCUT2D eigenvalue weighted by atomic mass is 15.1. The van der Waals surface area contributed by atoms with E-state index in [1.807, 2.05) is 25.2 Å². The van der Waals surface area contributed by atoms with Crippen molar-refractivity contribution >= 4 is 11.6 Å². The molecule has 1 aliphatic carbocycles. The molecule has 3 heteroatoms. The number of nitrogens with zero attached hydrogens (tertiary/aromatic N) is 1. The first kappa shape index (κ1) is 12.0. The second kappa shape index (κ2) is 5.31. The van der Waals surface area contributed by atoms with Gasteiger partial charge in [-0.2, -0.15) is 0 Å². The summed E-state index contributed by atoms with van der Waals surface area (Å²) >= 11 is 0. The summed E-state index contributed by atoms with van der Waals surface area (Å²) in [5, 5.41) is 6.61. The normalized spacial score (nSPS) is 17.6. The van der Waals surface area contributed by atoms with Gasteiger partial charge in [-0.25, -0.2) is 4.98 Å². The SMILES string of the molecule is CNc1cccc(NC2CCc3ccccc3C2)n1. The van der Waals surface area contributed by atoms with Crippen LogP contribution in [0.5, 0.6) is 0 Å². The predicted molar refractivity (Wildman–Crippen MR) is 79.7 cm³/mol. The molecule has 0 spiro atoms. The number of nitrogens with one attached hydrogen (secondary N) is 2. The summed E-state index contributed by atoms with van der Waals surface area (Å²) in [6.07, 6.45) is 3.41. The summed E-state index contributed by atoms with van der Waals surface area (Å²) in [5.74, 6) is 1.86. The van der Waals surface area contributed by atoms with Crippen molar-refractivity contribution in [3.05, 3.63) is 53.6 Å². The van der Waals surface area contributed by atoms with Crippen molar-refractivity contribution in [2.45, 2.75) is 25.3 Å². The second-order valence-corrected chi connectivity index (χ2v) is 5.01. The third-order valence-corrected chi connectivity index (χ3v) is 3.70. The van der Waals surface area contributed by atoms with Crippen molar-refractivity contribution in [3.63, 3.8) is 0 Å². The van der Waals surface area contributed by atoms with Crippen LogP contribution in [0.25, 0.3) is 0 Å². The van der Waals surface area contributed by atoms with E-state index in [0.29, 0.717) is 6.04 Å². The van der Waals surface area contributed by atoms with Gasteiger partial charge in [0.25, 0.3) is 0 Å². The van der Waals surface area contributed by atoms with Gasteiger partial charge in [-0.05, 0) is 42.5 Å². The summed E-state index contributed by atoms with van der Waals surface area (Å²) in [5.41, 5.74) is 2.97. The number of anilines is 2. The van der Waals surface area contributed by atoms with Crippen LogP contribution in [0, 0.1) is 0 Å². The van der Waals surface area contributed by atoms with Gasteiger partial charge < -0.3 is 10.6 Å². The molecule has 1 aromatic carbocycles. The van der Waals surface area contributed by atoms with E-state index in [2.05, 4.69) is 39.9 Å². The van der Waals surface area contributed by atoms with Crippen molar-refractivity contribution in [1.82, 2.24) is 4.98 Å². The van der Waals surface area contributed by atoms with Gasteiger partial charge in [0, 0.05) is 13.1 Å². The molecule has 3 nitrogen and oxygen atoms in total. The van der Waals surface area contributed by atoms with Crippen molar-refractivity contribution in [2.75, 3.05) is 17.7 Å². The fraction of sp³-hybridized carbons (Fsp3) is 0.312. The molecule has 0 fully saturated rings. The van der Waals surface area contributed by atoms with Crippen LogP contribution >= 0.6 is 0 Å². The largest absolute Gasteiger partial charge is 0.373 e. The quantitative estimate of drug-likeness (QED) is 0.882. The Kier molecular flexibility index (Phi) is 3.36. The lowest BCUT2D eigenvalue weighted by atomic mass is 9.88. The van der Waals surface area contributed by atoms with E-state index in [1.54, 1.807) is 0 Å². The number of aromatic nitrogens is 1. The number of fused-ring (bicyclic) bond motifs is 1. The first-order chi connectivity index (χ1) is 9.35. The Morgan fingerprint density at radius 3 is 2.63 bits per heavy atom. The molecule has 1 aliphatic rings. The monoisotopic (exact) mass is 253 g/mol. The third-order valence-electron chi connectivity index (χ3n) is 3.70. The van der Waals surface area contributed by atoms with Crippen LogP contribution in [-0.4, -0.2) is 18.1 Å². The van der Waals surface area contributed by atoms with Crippen LogP contribution < -0.4 is 10.6 Å². The number of pyridine rings is 1. The smallest absolute Gasteiger partial charge is 0.128 e. The van der Waals surface area contributed by atoms with Crippen molar-refractivity contribution < 1.29 is 0 Å². The van der Waals surface area contributed by atoms with Gasteiger partial charge in [0.15, 0.2) is 0 Å². The Morgan fingerprint density at radius 1 is 1.00 bits per heavy atom. The minimum Gasteiger partial charge on any atom is -0.373 e. The second-order valence-electron chi connectivity index (χ2n) is 5.01. The van der Waals surface area contributed by atoms with E-state index in [4.69, 9.17) is 0 Å². The number of hydrogen-bond acceptors (Lipinski definition) is 3. The number of hydrogen-bond donors (Lipinski definition) is 2. The topological polar surface area (TPSA) is 37.0 Å². The maximum atomic E-state index is 4.52. The minimum atomic E-state index is 0.481. The molecule has 1 heterocycles. The van der Waals surface area contributed by atoms with Gasteiger partial charge in [-0.15, -0.1) is 0 Å². The fourth-order valence-corrected chi connectivity index (χ4v) is 2.68. The number of benzene rings is 1. The molecule has 2 N–H and O–H groups in total. The van der Waals surface area contributed by atoms with Crippen molar-refractivity contribution in [3.8, 4) is 0 Å². The summed E-state index contributed by atoms with van der Waals surface area (Å²) < 4.78 is 0. The Labute approximate surface area is 114 Å².